The van der Waals surface area contributed by atoms with Gasteiger partial charge in [0, 0.05) is 37.7 Å². The Morgan fingerprint density at radius 1 is 1.31 bits per heavy atom. The first-order valence-electron chi connectivity index (χ1n) is 8.86. The summed E-state index contributed by atoms with van der Waals surface area (Å²) in [6.07, 6.45) is 1.55. The Morgan fingerprint density at radius 3 is 2.88 bits per heavy atom. The fraction of sp³-hybridized carbons (Fsp3) is 0.526. The van der Waals surface area contributed by atoms with Crippen LogP contribution in [0, 0.1) is 0 Å². The lowest BCUT2D eigenvalue weighted by molar-refractivity contribution is -0.115. The van der Waals surface area contributed by atoms with E-state index in [9.17, 15) is 5.11 Å². The summed E-state index contributed by atoms with van der Waals surface area (Å²) in [5.41, 5.74) is 2.00. The van der Waals surface area contributed by atoms with Crippen LogP contribution in [0.4, 0.5) is 0 Å². The molecular formula is C19H25ClN2O4. The van der Waals surface area contributed by atoms with Gasteiger partial charge in [-0.1, -0.05) is 28.9 Å². The summed E-state index contributed by atoms with van der Waals surface area (Å²) in [5, 5.41) is 18.4. The molecular weight excluding hydrogens is 356 g/mol. The Hall–Kier alpha value is -1.44. The van der Waals surface area contributed by atoms with Crippen LogP contribution in [-0.4, -0.2) is 42.2 Å². The molecule has 0 spiro atoms. The van der Waals surface area contributed by atoms with E-state index in [0.717, 1.165) is 29.1 Å². The molecule has 26 heavy (non-hydrogen) atoms. The molecule has 0 saturated carbocycles. The van der Waals surface area contributed by atoms with E-state index in [0.29, 0.717) is 31.9 Å². The maximum atomic E-state index is 10.2. The predicted molar refractivity (Wildman–Crippen MR) is 98.0 cm³/mol. The van der Waals surface area contributed by atoms with Gasteiger partial charge >= 0.3 is 0 Å². The number of halogens is 1. The molecule has 3 rings (SSSR count). The van der Waals surface area contributed by atoms with Crippen LogP contribution in [0.25, 0.3) is 0 Å². The van der Waals surface area contributed by atoms with Gasteiger partial charge in [0.05, 0.1) is 24.0 Å². The van der Waals surface area contributed by atoms with Gasteiger partial charge in [-0.3, -0.25) is 0 Å². The number of nitrogens with zero attached hydrogens (tertiary/aromatic N) is 1. The summed E-state index contributed by atoms with van der Waals surface area (Å²) in [5.74, 6) is 0.708. The SMILES string of the molecule is COCc1cc(C[C@@H]2CC[C@H](O)[C@@H](CNCc3ccc(Cl)cc3)O2)no1. The first kappa shape index (κ1) is 19.3. The summed E-state index contributed by atoms with van der Waals surface area (Å²) >= 11 is 5.90. The molecule has 0 unspecified atom stereocenters. The fourth-order valence-corrected chi connectivity index (χ4v) is 3.27. The molecule has 2 N–H and O–H groups in total. The van der Waals surface area contributed by atoms with Gasteiger partial charge in [-0.2, -0.15) is 0 Å². The van der Waals surface area contributed by atoms with Crippen molar-refractivity contribution in [2.24, 2.45) is 0 Å². The molecule has 0 radical (unpaired) electrons. The molecule has 1 aromatic carbocycles. The van der Waals surface area contributed by atoms with E-state index in [1.165, 1.54) is 0 Å². The third-order valence-electron chi connectivity index (χ3n) is 4.50. The lowest BCUT2D eigenvalue weighted by atomic mass is 9.98. The Kier molecular flexibility index (Phi) is 7.05. The number of aliphatic hydroxyl groups excluding tert-OH is 1. The first-order valence-corrected chi connectivity index (χ1v) is 9.24. The molecule has 1 aliphatic rings. The van der Waals surface area contributed by atoms with E-state index in [1.54, 1.807) is 7.11 Å². The second kappa shape index (κ2) is 9.48. The van der Waals surface area contributed by atoms with Crippen molar-refractivity contribution < 1.29 is 19.1 Å². The summed E-state index contributed by atoms with van der Waals surface area (Å²) in [6, 6.07) is 9.61. The van der Waals surface area contributed by atoms with Gasteiger partial charge in [0.2, 0.25) is 0 Å². The van der Waals surface area contributed by atoms with Crippen molar-refractivity contribution >= 4 is 11.6 Å². The van der Waals surface area contributed by atoms with Gasteiger partial charge in [-0.15, -0.1) is 0 Å². The quantitative estimate of drug-likeness (QED) is 0.733. The molecule has 0 bridgehead atoms. The smallest absolute Gasteiger partial charge is 0.162 e. The molecule has 3 atom stereocenters. The number of methoxy groups -OCH3 is 1. The van der Waals surface area contributed by atoms with E-state index in [4.69, 9.17) is 25.6 Å². The van der Waals surface area contributed by atoms with Gasteiger partial charge in [0.25, 0.3) is 0 Å². The van der Waals surface area contributed by atoms with Gasteiger partial charge in [-0.05, 0) is 30.5 Å². The zero-order valence-electron chi connectivity index (χ0n) is 14.9. The van der Waals surface area contributed by atoms with Gasteiger partial charge < -0.3 is 24.4 Å². The number of aliphatic hydroxyl groups is 1. The largest absolute Gasteiger partial charge is 0.390 e. The number of ether oxygens (including phenoxy) is 2. The van der Waals surface area contributed by atoms with Crippen LogP contribution < -0.4 is 5.32 Å². The molecule has 2 heterocycles. The average molecular weight is 381 g/mol. The zero-order valence-corrected chi connectivity index (χ0v) is 15.6. The summed E-state index contributed by atoms with van der Waals surface area (Å²) in [7, 11) is 1.62. The lowest BCUT2D eigenvalue weighted by Crippen LogP contribution is -2.45. The van der Waals surface area contributed by atoms with Crippen LogP contribution in [0.2, 0.25) is 5.02 Å². The minimum Gasteiger partial charge on any atom is -0.390 e. The molecule has 0 amide bonds. The second-order valence-corrected chi connectivity index (χ2v) is 7.06. The van der Waals surface area contributed by atoms with Crippen LogP contribution >= 0.6 is 11.6 Å². The number of rotatable bonds is 8. The molecule has 1 aromatic heterocycles. The molecule has 7 heteroatoms. The minimum atomic E-state index is -0.453. The fourth-order valence-electron chi connectivity index (χ4n) is 3.14. The van der Waals surface area contributed by atoms with Crippen molar-refractivity contribution in [1.82, 2.24) is 10.5 Å². The van der Waals surface area contributed by atoms with E-state index >= 15 is 0 Å². The van der Waals surface area contributed by atoms with E-state index < -0.39 is 6.10 Å². The number of benzene rings is 1. The highest BCUT2D eigenvalue weighted by Gasteiger charge is 2.30. The highest BCUT2D eigenvalue weighted by atomic mass is 35.5. The second-order valence-electron chi connectivity index (χ2n) is 6.62. The van der Waals surface area contributed by atoms with Crippen LogP contribution in [0.1, 0.15) is 29.9 Å². The molecule has 142 valence electrons. The third kappa shape index (κ3) is 5.53. The molecule has 6 nitrogen and oxygen atoms in total. The maximum absolute atomic E-state index is 10.2. The Morgan fingerprint density at radius 2 is 2.12 bits per heavy atom. The Bertz CT molecular complexity index is 676. The van der Waals surface area contributed by atoms with Crippen molar-refractivity contribution in [2.75, 3.05) is 13.7 Å². The van der Waals surface area contributed by atoms with Crippen LogP contribution in [0.15, 0.2) is 34.9 Å². The molecule has 1 fully saturated rings. The molecule has 2 aromatic rings. The van der Waals surface area contributed by atoms with Crippen molar-refractivity contribution in [1.29, 1.82) is 0 Å². The van der Waals surface area contributed by atoms with Gasteiger partial charge in [0.15, 0.2) is 5.76 Å². The highest BCUT2D eigenvalue weighted by Crippen LogP contribution is 2.22. The van der Waals surface area contributed by atoms with Crippen molar-refractivity contribution in [3.8, 4) is 0 Å². The van der Waals surface area contributed by atoms with E-state index in [2.05, 4.69) is 10.5 Å². The normalized spacial score (nSPS) is 23.3. The molecule has 1 saturated heterocycles. The number of hydrogen-bond donors (Lipinski definition) is 2. The van der Waals surface area contributed by atoms with Crippen LogP contribution in [0.3, 0.4) is 0 Å². The molecule has 1 aliphatic heterocycles. The van der Waals surface area contributed by atoms with E-state index in [1.807, 2.05) is 30.3 Å². The number of nitrogens with one attached hydrogen (secondary N) is 1. The van der Waals surface area contributed by atoms with Crippen molar-refractivity contribution in [2.45, 2.75) is 50.7 Å². The lowest BCUT2D eigenvalue weighted by Gasteiger charge is -2.34. The van der Waals surface area contributed by atoms with E-state index in [-0.39, 0.29) is 12.2 Å². The third-order valence-corrected chi connectivity index (χ3v) is 4.75. The predicted octanol–water partition coefficient (Wildman–Crippen LogP) is 2.72. The Labute approximate surface area is 158 Å². The zero-order chi connectivity index (χ0) is 18.4. The van der Waals surface area contributed by atoms with Crippen molar-refractivity contribution in [3.05, 3.63) is 52.4 Å². The Balaban J connectivity index is 1.46. The first-order chi connectivity index (χ1) is 12.6. The summed E-state index contributed by atoms with van der Waals surface area (Å²) in [6.45, 7) is 1.71. The average Bonchev–Trinajstić information content (AvgIpc) is 3.07. The maximum Gasteiger partial charge on any atom is 0.162 e. The number of hydrogen-bond acceptors (Lipinski definition) is 6. The monoisotopic (exact) mass is 380 g/mol. The number of aromatic nitrogens is 1. The van der Waals surface area contributed by atoms with Crippen LogP contribution in [0.5, 0.6) is 0 Å². The van der Waals surface area contributed by atoms with Crippen LogP contribution in [-0.2, 0) is 29.0 Å². The summed E-state index contributed by atoms with van der Waals surface area (Å²) in [4.78, 5) is 0. The topological polar surface area (TPSA) is 76.8 Å². The summed E-state index contributed by atoms with van der Waals surface area (Å²) < 4.78 is 16.3. The minimum absolute atomic E-state index is 0.0289. The highest BCUT2D eigenvalue weighted by molar-refractivity contribution is 6.30. The van der Waals surface area contributed by atoms with Gasteiger partial charge in [0.1, 0.15) is 6.61 Å². The van der Waals surface area contributed by atoms with Crippen molar-refractivity contribution in [3.63, 3.8) is 0 Å². The molecule has 0 aliphatic carbocycles. The standard InChI is InChI=1S/C19H25ClN2O4/c1-24-12-17-9-15(22-26-17)8-16-6-7-18(23)19(25-16)11-21-10-13-2-4-14(20)5-3-13/h2-5,9,16,18-19,21,23H,6-8,10-12H2,1H3/t16-,18-,19+/m0/s1. The van der Waals surface area contributed by atoms with Gasteiger partial charge in [-0.25, -0.2) is 0 Å².